The summed E-state index contributed by atoms with van der Waals surface area (Å²) in [7, 11) is 0. The predicted octanol–water partition coefficient (Wildman–Crippen LogP) is 4.66. The monoisotopic (exact) mass is 901 g/mol. The van der Waals surface area contributed by atoms with Crippen molar-refractivity contribution in [2.75, 3.05) is 18.1 Å². The maximum Gasteiger partial charge on any atom is 0.351 e. The Labute approximate surface area is 358 Å². The summed E-state index contributed by atoms with van der Waals surface area (Å²) in [4.78, 5) is 54.2. The highest BCUT2D eigenvalue weighted by molar-refractivity contribution is 6.06. The molecule has 3 saturated heterocycles. The van der Waals surface area contributed by atoms with Crippen molar-refractivity contribution in [2.45, 2.75) is 126 Å². The Morgan fingerprint density at radius 3 is 1.52 bits per heavy atom. The molecule has 6 heterocycles. The minimum atomic E-state index is -3.80. The highest BCUT2D eigenvalue weighted by Crippen LogP contribution is 2.55. The minimum Gasteiger partial charge on any atom is -0.393 e. The van der Waals surface area contributed by atoms with Crippen molar-refractivity contribution < 1.29 is 60.4 Å². The van der Waals surface area contributed by atoms with Crippen molar-refractivity contribution >= 4 is 23.3 Å². The molecule has 0 unspecified atom stereocenters. The zero-order valence-corrected chi connectivity index (χ0v) is 35.1. The number of ketones is 1. The molecule has 0 spiro atoms. The van der Waals surface area contributed by atoms with Crippen molar-refractivity contribution in [3.05, 3.63) is 95.7 Å². The SMILES string of the molecule is C=CC[C@]1(CC)O[C@@H](N2C=CC(=O)CC2=O)C(F)(F)[C@@H]1C.C=CC[C@]1(CC)O[C@@H](n2ccc(N)nc2=O)C(F)(F)[C@@H]1C.C=CC[C@]1(CO)O[C@@H](n2ccc(N)nc2=O)C(F)(F)[C@@H]1O. The highest BCUT2D eigenvalue weighted by Gasteiger charge is 2.67. The molecular weight excluding hydrogens is 848 g/mol. The van der Waals surface area contributed by atoms with Gasteiger partial charge >= 0.3 is 17.3 Å². The fourth-order valence-electron chi connectivity index (χ4n) is 8.07. The van der Waals surface area contributed by atoms with Gasteiger partial charge in [-0.05, 0) is 50.3 Å². The second-order valence-corrected chi connectivity index (χ2v) is 15.7. The molecule has 0 radical (unpaired) electrons. The van der Waals surface area contributed by atoms with Gasteiger partial charge in [0.05, 0.1) is 36.1 Å². The molecule has 2 aromatic heterocycles. The number of nitrogens with zero attached hydrogens (tertiary/aromatic N) is 5. The summed E-state index contributed by atoms with van der Waals surface area (Å²) in [5, 5.41) is 19.2. The van der Waals surface area contributed by atoms with E-state index in [9.17, 15) is 55.7 Å². The second kappa shape index (κ2) is 18.9. The van der Waals surface area contributed by atoms with Gasteiger partial charge in [0.2, 0.25) is 24.6 Å². The van der Waals surface area contributed by atoms with Gasteiger partial charge in [-0.3, -0.25) is 23.6 Å². The number of allylic oxidation sites excluding steroid dienone is 1. The maximum absolute atomic E-state index is 14.6. The molecule has 9 atom stereocenters. The van der Waals surface area contributed by atoms with E-state index in [4.69, 9.17) is 25.7 Å². The fourth-order valence-corrected chi connectivity index (χ4v) is 8.07. The lowest BCUT2D eigenvalue weighted by Crippen LogP contribution is -2.48. The molecule has 63 heavy (non-hydrogen) atoms. The first-order valence-corrected chi connectivity index (χ1v) is 19.8. The third-order valence-electron chi connectivity index (χ3n) is 12.1. The van der Waals surface area contributed by atoms with Gasteiger partial charge in [-0.25, -0.2) is 27.2 Å². The van der Waals surface area contributed by atoms with E-state index in [1.807, 2.05) is 0 Å². The number of aromatic nitrogens is 4. The Balaban J connectivity index is 0.000000207. The third kappa shape index (κ3) is 9.26. The van der Waals surface area contributed by atoms with Crippen LogP contribution in [0.25, 0.3) is 0 Å². The molecule has 4 aliphatic rings. The summed E-state index contributed by atoms with van der Waals surface area (Å²) in [6, 6.07) is 2.45. The zero-order valence-electron chi connectivity index (χ0n) is 35.1. The molecule has 348 valence electrons. The summed E-state index contributed by atoms with van der Waals surface area (Å²) in [5.41, 5.74) is 4.75. The van der Waals surface area contributed by atoms with Crippen LogP contribution in [0, 0.1) is 11.8 Å². The molecular formula is C41H53F6N7O9. The van der Waals surface area contributed by atoms with Gasteiger partial charge in [0.15, 0.2) is 11.9 Å². The lowest BCUT2D eigenvalue weighted by molar-refractivity contribution is -0.173. The summed E-state index contributed by atoms with van der Waals surface area (Å²) in [6.07, 6.45) is 1.72. The van der Waals surface area contributed by atoms with Crippen molar-refractivity contribution in [1.29, 1.82) is 0 Å². The minimum absolute atomic E-state index is 0.0153. The van der Waals surface area contributed by atoms with E-state index in [0.717, 1.165) is 34.0 Å². The van der Waals surface area contributed by atoms with Crippen LogP contribution in [0.1, 0.15) is 78.7 Å². The Morgan fingerprint density at radius 2 is 1.13 bits per heavy atom. The van der Waals surface area contributed by atoms with Gasteiger partial charge in [-0.15, -0.1) is 19.7 Å². The summed E-state index contributed by atoms with van der Waals surface area (Å²) in [5.74, 6) is -13.5. The molecule has 16 nitrogen and oxygen atoms in total. The maximum atomic E-state index is 14.6. The van der Waals surface area contributed by atoms with E-state index in [0.29, 0.717) is 17.4 Å². The molecule has 22 heteroatoms. The largest absolute Gasteiger partial charge is 0.393 e. The van der Waals surface area contributed by atoms with Crippen LogP contribution in [0.15, 0.2) is 84.4 Å². The van der Waals surface area contributed by atoms with Crippen molar-refractivity contribution in [1.82, 2.24) is 24.0 Å². The Kier molecular flexibility index (Phi) is 15.1. The molecule has 0 bridgehead atoms. The van der Waals surface area contributed by atoms with Gasteiger partial charge in [0.25, 0.3) is 11.8 Å². The number of aliphatic hydroxyl groups is 2. The second-order valence-electron chi connectivity index (χ2n) is 15.7. The van der Waals surface area contributed by atoms with E-state index in [-0.39, 0.29) is 30.9 Å². The third-order valence-corrected chi connectivity index (χ3v) is 12.1. The quantitative estimate of drug-likeness (QED) is 0.129. The Bertz CT molecular complexity index is 2080. The average molecular weight is 902 g/mol. The van der Waals surface area contributed by atoms with Crippen LogP contribution in [0.5, 0.6) is 0 Å². The number of nitrogens with two attached hydrogens (primary N) is 2. The topological polar surface area (TPSA) is 227 Å². The number of carbonyl (C=O) groups excluding carboxylic acids is 2. The van der Waals surface area contributed by atoms with Crippen LogP contribution in [0.3, 0.4) is 0 Å². The predicted molar refractivity (Wildman–Crippen MR) is 216 cm³/mol. The van der Waals surface area contributed by atoms with Crippen LogP contribution in [0.2, 0.25) is 0 Å². The van der Waals surface area contributed by atoms with Gasteiger partial charge in [-0.1, -0.05) is 45.9 Å². The first kappa shape index (κ1) is 50.5. The van der Waals surface area contributed by atoms with Crippen LogP contribution in [-0.2, 0) is 23.8 Å². The fraction of sp³-hybridized carbons (Fsp3) is 0.561. The summed E-state index contributed by atoms with van der Waals surface area (Å²) in [6.45, 7) is 16.1. The summed E-state index contributed by atoms with van der Waals surface area (Å²) >= 11 is 0. The van der Waals surface area contributed by atoms with Crippen LogP contribution in [-0.4, -0.2) is 99.4 Å². The van der Waals surface area contributed by atoms with Gasteiger partial charge in [0, 0.05) is 18.6 Å². The van der Waals surface area contributed by atoms with Crippen molar-refractivity contribution in [3.63, 3.8) is 0 Å². The molecule has 0 aliphatic carbocycles. The number of ether oxygens (including phenoxy) is 3. The number of anilines is 2. The van der Waals surface area contributed by atoms with Gasteiger partial charge < -0.3 is 35.9 Å². The molecule has 0 aromatic carbocycles. The van der Waals surface area contributed by atoms with E-state index in [1.54, 1.807) is 26.0 Å². The number of carbonyl (C=O) groups is 2. The number of alkyl halides is 6. The Morgan fingerprint density at radius 1 is 0.730 bits per heavy atom. The lowest BCUT2D eigenvalue weighted by Gasteiger charge is -2.32. The standard InChI is InChI=1S/C15H19F2NO3.C14H19F2N3O2.C12H15F2N3O4/c1-4-7-14(5-2)10(3)15(16,17)13(21-14)18-8-6-11(19)9-12(18)20;1-4-7-13(5-2)9(3)14(15,16)11(21-13)19-8-6-10(17)18-12(19)20;1-2-4-11(6-18)8(19)12(13,14)9(21-11)17-5-3-7(15)16-10(17)20/h4,6,8,10,13H,1,5,7,9H2,2-3H3;4,6,8-9,11H,1,5,7H2,2-3H3,(H2,17,18,20);2-3,5,8-9,18-19H,1,4,6H2,(H2,15,16,20)/t10-,13-,14+;9-,11-,13+;8-,9-,11-/m111/s1. The van der Waals surface area contributed by atoms with E-state index < -0.39 is 107 Å². The lowest BCUT2D eigenvalue weighted by atomic mass is 9.81. The number of hydrogen-bond acceptors (Lipinski definition) is 13. The number of hydrogen-bond donors (Lipinski definition) is 4. The molecule has 3 fully saturated rings. The average Bonchev–Trinajstić information content (AvgIpc) is 3.64. The summed E-state index contributed by atoms with van der Waals surface area (Å²) < 4.78 is 105. The number of rotatable bonds is 12. The van der Waals surface area contributed by atoms with Crippen molar-refractivity contribution in [3.8, 4) is 0 Å². The molecule has 1 amide bonds. The Hall–Kier alpha value is -5.16. The molecule has 6 rings (SSSR count). The molecule has 4 aliphatic heterocycles. The van der Waals surface area contributed by atoms with Crippen LogP contribution >= 0.6 is 0 Å². The first-order chi connectivity index (χ1) is 29.3. The van der Waals surface area contributed by atoms with E-state index in [2.05, 4.69) is 29.7 Å². The molecule has 0 saturated carbocycles. The number of halogens is 6. The first-order valence-electron chi connectivity index (χ1n) is 19.8. The normalized spacial score (nSPS) is 32.6. The smallest absolute Gasteiger partial charge is 0.351 e. The van der Waals surface area contributed by atoms with Crippen LogP contribution < -0.4 is 22.8 Å². The van der Waals surface area contributed by atoms with Crippen LogP contribution in [0.4, 0.5) is 38.0 Å². The number of amides is 1. The van der Waals surface area contributed by atoms with Crippen molar-refractivity contribution in [2.24, 2.45) is 11.8 Å². The van der Waals surface area contributed by atoms with E-state index in [1.165, 1.54) is 32.2 Å². The zero-order chi connectivity index (χ0) is 47.5. The van der Waals surface area contributed by atoms with Gasteiger partial charge in [0.1, 0.15) is 17.2 Å². The molecule has 2 aromatic rings. The number of nitrogen functional groups attached to an aromatic ring is 2. The van der Waals surface area contributed by atoms with Gasteiger partial charge in [-0.2, -0.15) is 18.7 Å². The van der Waals surface area contributed by atoms with E-state index >= 15 is 0 Å². The highest BCUT2D eigenvalue weighted by atomic mass is 19.3. The number of aliphatic hydroxyl groups excluding tert-OH is 2. The molecule has 6 N–H and O–H groups in total.